The first kappa shape index (κ1) is 36.5. The summed E-state index contributed by atoms with van der Waals surface area (Å²) in [7, 11) is 1.35. The molecule has 0 N–H and O–H groups in total. The Morgan fingerprint density at radius 3 is 0.838 bits per heavy atom. The third kappa shape index (κ3) is 33.5. The lowest BCUT2D eigenvalue weighted by atomic mass is 10.5. The van der Waals surface area contributed by atoms with Crippen molar-refractivity contribution in [3.63, 3.8) is 0 Å². The van der Waals surface area contributed by atoms with Crippen molar-refractivity contribution < 1.29 is 56.9 Å². The minimum Gasteiger partial charge on any atom is -0.469 e. The fraction of sp³-hybridized carbons (Fsp3) is 0.958. The van der Waals surface area contributed by atoms with Crippen LogP contribution in [-0.2, 0) is 56.9 Å². The van der Waals surface area contributed by atoms with Crippen LogP contribution in [0.2, 0.25) is 0 Å². The van der Waals surface area contributed by atoms with Crippen LogP contribution in [0.1, 0.15) is 6.42 Å². The van der Waals surface area contributed by atoms with Gasteiger partial charge in [-0.05, 0) is 0 Å². The van der Waals surface area contributed by atoms with E-state index in [-0.39, 0.29) is 12.4 Å². The Hall–Kier alpha value is -0.450. The van der Waals surface area contributed by atoms with Gasteiger partial charge in [-0.25, -0.2) is 0 Å². The summed E-state index contributed by atoms with van der Waals surface area (Å²) >= 11 is 3.29. The van der Waals surface area contributed by atoms with Crippen molar-refractivity contribution in [2.75, 3.05) is 145 Å². The molecule has 0 aliphatic rings. The molecule has 0 rings (SSSR count). The highest BCUT2D eigenvalue weighted by Gasteiger charge is 1.99. The molecule has 0 aromatic carbocycles. The highest BCUT2D eigenvalue weighted by molar-refractivity contribution is 9.09. The molecule has 222 valence electrons. The van der Waals surface area contributed by atoms with Gasteiger partial charge in [0.05, 0.1) is 146 Å². The normalized spacial score (nSPS) is 11.3. The maximum Gasteiger partial charge on any atom is 0.307 e. The number of carbonyl (C=O) groups is 1. The van der Waals surface area contributed by atoms with Crippen molar-refractivity contribution >= 4 is 21.9 Å². The number of rotatable bonds is 32. The van der Waals surface area contributed by atoms with Gasteiger partial charge in [0.1, 0.15) is 0 Å². The molecule has 37 heavy (non-hydrogen) atoms. The number of methoxy groups -OCH3 is 1. The summed E-state index contributed by atoms with van der Waals surface area (Å²) in [6.45, 7) is 10.2. The van der Waals surface area contributed by atoms with Crippen LogP contribution in [0.5, 0.6) is 0 Å². The molecule has 0 aliphatic heterocycles. The molecule has 0 unspecified atom stereocenters. The zero-order valence-electron chi connectivity index (χ0n) is 22.3. The van der Waals surface area contributed by atoms with E-state index in [0.29, 0.717) is 132 Å². The van der Waals surface area contributed by atoms with E-state index in [1.54, 1.807) is 0 Å². The van der Waals surface area contributed by atoms with Gasteiger partial charge in [-0.15, -0.1) is 0 Å². The van der Waals surface area contributed by atoms with Crippen LogP contribution < -0.4 is 0 Å². The number of esters is 1. The number of halogens is 1. The van der Waals surface area contributed by atoms with Crippen LogP contribution in [0.25, 0.3) is 0 Å². The SMILES string of the molecule is COC(=O)CCOCCOCCOCCOCCOCCOCCOCCOCCOCCOCCBr. The first-order valence-electron chi connectivity index (χ1n) is 12.7. The lowest BCUT2D eigenvalue weighted by molar-refractivity contribution is -0.141. The van der Waals surface area contributed by atoms with Gasteiger partial charge in [-0.1, -0.05) is 15.9 Å². The molecular weight excluding hydrogens is 560 g/mol. The summed E-state index contributed by atoms with van der Waals surface area (Å²) in [5.41, 5.74) is 0. The van der Waals surface area contributed by atoms with Crippen LogP contribution in [0.4, 0.5) is 0 Å². The van der Waals surface area contributed by atoms with E-state index in [2.05, 4.69) is 20.7 Å². The summed E-state index contributed by atoms with van der Waals surface area (Å²) in [4.78, 5) is 10.9. The van der Waals surface area contributed by atoms with Gasteiger partial charge in [-0.2, -0.15) is 0 Å². The number of alkyl halides is 1. The summed E-state index contributed by atoms with van der Waals surface area (Å²) in [5, 5.41) is 0.836. The Bertz CT molecular complexity index is 448. The fourth-order valence-electron chi connectivity index (χ4n) is 2.39. The van der Waals surface area contributed by atoms with Crippen molar-refractivity contribution in [1.29, 1.82) is 0 Å². The smallest absolute Gasteiger partial charge is 0.307 e. The quantitative estimate of drug-likeness (QED) is 0.0620. The molecule has 0 saturated heterocycles. The van der Waals surface area contributed by atoms with Crippen LogP contribution >= 0.6 is 15.9 Å². The zero-order chi connectivity index (χ0) is 26.9. The Kier molecular flexibility index (Phi) is 33.2. The van der Waals surface area contributed by atoms with Crippen LogP contribution in [0.15, 0.2) is 0 Å². The first-order chi connectivity index (χ1) is 18.3. The minimum absolute atomic E-state index is 0.248. The molecule has 0 fully saturated rings. The Balaban J connectivity index is 3.03. The van der Waals surface area contributed by atoms with Crippen molar-refractivity contribution in [2.45, 2.75) is 6.42 Å². The monoisotopic (exact) mass is 606 g/mol. The van der Waals surface area contributed by atoms with E-state index >= 15 is 0 Å². The lowest BCUT2D eigenvalue weighted by Crippen LogP contribution is -2.15. The van der Waals surface area contributed by atoms with Crippen molar-refractivity contribution in [3.05, 3.63) is 0 Å². The maximum absolute atomic E-state index is 10.9. The first-order valence-corrected chi connectivity index (χ1v) is 13.8. The van der Waals surface area contributed by atoms with E-state index in [1.165, 1.54) is 7.11 Å². The third-order valence-corrected chi connectivity index (χ3v) is 4.57. The van der Waals surface area contributed by atoms with Gasteiger partial charge in [0.2, 0.25) is 0 Å². The van der Waals surface area contributed by atoms with E-state index < -0.39 is 0 Å². The van der Waals surface area contributed by atoms with Crippen LogP contribution in [-0.4, -0.2) is 151 Å². The largest absolute Gasteiger partial charge is 0.469 e. The molecule has 0 aromatic rings. The van der Waals surface area contributed by atoms with Gasteiger partial charge in [0.25, 0.3) is 0 Å². The van der Waals surface area contributed by atoms with Crippen molar-refractivity contribution in [3.8, 4) is 0 Å². The molecule has 0 saturated carbocycles. The summed E-state index contributed by atoms with van der Waals surface area (Å²) in [5.74, 6) is -0.283. The molecule has 0 spiro atoms. The molecule has 0 radical (unpaired) electrons. The zero-order valence-corrected chi connectivity index (χ0v) is 23.9. The van der Waals surface area contributed by atoms with E-state index in [9.17, 15) is 4.79 Å². The average Bonchev–Trinajstić information content (AvgIpc) is 2.91. The predicted molar refractivity (Wildman–Crippen MR) is 139 cm³/mol. The van der Waals surface area contributed by atoms with E-state index in [4.69, 9.17) is 47.4 Å². The fourth-order valence-corrected chi connectivity index (χ4v) is 2.62. The molecule has 0 heterocycles. The summed E-state index contributed by atoms with van der Waals surface area (Å²) in [6, 6.07) is 0. The second-order valence-electron chi connectivity index (χ2n) is 7.14. The van der Waals surface area contributed by atoms with Gasteiger partial charge < -0.3 is 52.1 Å². The van der Waals surface area contributed by atoms with E-state index in [1.807, 2.05) is 0 Å². The van der Waals surface area contributed by atoms with Crippen LogP contribution in [0.3, 0.4) is 0 Å². The molecule has 0 amide bonds. The Labute approximate surface area is 229 Å². The van der Waals surface area contributed by atoms with Gasteiger partial charge in [0.15, 0.2) is 0 Å². The minimum atomic E-state index is -0.283. The van der Waals surface area contributed by atoms with Gasteiger partial charge in [-0.3, -0.25) is 4.79 Å². The molecule has 0 atom stereocenters. The van der Waals surface area contributed by atoms with Crippen molar-refractivity contribution in [2.24, 2.45) is 0 Å². The second-order valence-corrected chi connectivity index (χ2v) is 7.93. The molecule has 0 aromatic heterocycles. The second kappa shape index (κ2) is 33.6. The van der Waals surface area contributed by atoms with E-state index in [0.717, 1.165) is 5.33 Å². The van der Waals surface area contributed by atoms with Gasteiger partial charge >= 0.3 is 5.97 Å². The van der Waals surface area contributed by atoms with Crippen LogP contribution in [0, 0.1) is 0 Å². The number of hydrogen-bond acceptors (Lipinski definition) is 12. The topological polar surface area (TPSA) is 119 Å². The molecule has 0 aliphatic carbocycles. The highest BCUT2D eigenvalue weighted by atomic mass is 79.9. The highest BCUT2D eigenvalue weighted by Crippen LogP contribution is 1.88. The molecular formula is C24H47BrO12. The average molecular weight is 608 g/mol. The number of hydrogen-bond donors (Lipinski definition) is 0. The Morgan fingerprint density at radius 1 is 0.405 bits per heavy atom. The number of ether oxygens (including phenoxy) is 11. The third-order valence-electron chi connectivity index (χ3n) is 4.25. The molecule has 0 bridgehead atoms. The molecule has 13 heteroatoms. The standard InChI is InChI=1S/C24H47BrO12/c1-27-24(26)2-4-28-6-8-30-10-12-32-14-16-34-18-20-36-22-23-37-21-19-35-17-15-33-13-11-31-9-7-29-5-3-25/h2-23H2,1H3. The van der Waals surface area contributed by atoms with Crippen molar-refractivity contribution in [1.82, 2.24) is 0 Å². The Morgan fingerprint density at radius 2 is 0.622 bits per heavy atom. The number of carbonyl (C=O) groups excluding carboxylic acids is 1. The summed E-state index contributed by atoms with van der Waals surface area (Å²) < 4.78 is 58.3. The predicted octanol–water partition coefficient (Wildman–Crippen LogP) is 1.11. The van der Waals surface area contributed by atoms with Gasteiger partial charge in [0, 0.05) is 5.33 Å². The lowest BCUT2D eigenvalue weighted by Gasteiger charge is -2.09. The summed E-state index contributed by atoms with van der Waals surface area (Å²) in [6.07, 6.45) is 0.248. The maximum atomic E-state index is 10.9. The molecule has 12 nitrogen and oxygen atoms in total.